The number of amides is 1. The maximum Gasteiger partial charge on any atom is 0.280 e. The van der Waals surface area contributed by atoms with Crippen molar-refractivity contribution in [3.63, 3.8) is 0 Å². The number of carbonyl (C=O) groups is 2. The van der Waals surface area contributed by atoms with Crippen molar-refractivity contribution in [2.24, 2.45) is 4.99 Å². The van der Waals surface area contributed by atoms with Crippen molar-refractivity contribution >= 4 is 28.4 Å². The van der Waals surface area contributed by atoms with Gasteiger partial charge in [0.2, 0.25) is 5.62 Å². The first-order chi connectivity index (χ1) is 12.6. The van der Waals surface area contributed by atoms with Crippen LogP contribution in [0.5, 0.6) is 0 Å². The minimum atomic E-state index is -0.361. The summed E-state index contributed by atoms with van der Waals surface area (Å²) in [5.74, 6) is 0.634. The highest BCUT2D eigenvalue weighted by Gasteiger charge is 2.16. The smallest absolute Gasteiger partial charge is 0.280 e. The summed E-state index contributed by atoms with van der Waals surface area (Å²) in [5.41, 5.74) is 2.46. The van der Waals surface area contributed by atoms with Crippen LogP contribution in [-0.4, -0.2) is 27.8 Å². The molecule has 6 heteroatoms. The first kappa shape index (κ1) is 16.2. The van der Waals surface area contributed by atoms with E-state index < -0.39 is 0 Å². The number of nitrogens with zero attached hydrogens (tertiary/aromatic N) is 3. The third-order valence-corrected chi connectivity index (χ3v) is 4.35. The minimum absolute atomic E-state index is 0.0576. The maximum absolute atomic E-state index is 12.7. The number of aromatic nitrogens is 2. The Morgan fingerprint density at radius 3 is 2.88 bits per heavy atom. The number of fused-ring (bicyclic) bond motifs is 3. The fourth-order valence-corrected chi connectivity index (χ4v) is 3.22. The molecule has 26 heavy (non-hydrogen) atoms. The third kappa shape index (κ3) is 3.01. The fraction of sp³-hybridized carbons (Fsp3) is 0.200. The van der Waals surface area contributed by atoms with Crippen LogP contribution in [0.15, 0.2) is 53.5 Å². The van der Waals surface area contributed by atoms with E-state index in [1.165, 1.54) is 6.92 Å². The van der Waals surface area contributed by atoms with E-state index in [0.29, 0.717) is 24.1 Å². The van der Waals surface area contributed by atoms with Gasteiger partial charge in [-0.3, -0.25) is 14.2 Å². The molecule has 2 aromatic carbocycles. The van der Waals surface area contributed by atoms with Crippen molar-refractivity contribution in [3.05, 3.63) is 65.3 Å². The molecule has 1 amide bonds. The van der Waals surface area contributed by atoms with Crippen LogP contribution in [0.4, 0.5) is 5.82 Å². The van der Waals surface area contributed by atoms with Gasteiger partial charge >= 0.3 is 0 Å². The second kappa shape index (κ2) is 6.55. The van der Waals surface area contributed by atoms with E-state index in [9.17, 15) is 9.59 Å². The maximum atomic E-state index is 12.7. The molecule has 1 N–H and O–H groups in total. The molecule has 2 heterocycles. The van der Waals surface area contributed by atoms with Crippen LogP contribution in [0, 0.1) is 0 Å². The van der Waals surface area contributed by atoms with E-state index in [2.05, 4.69) is 15.3 Å². The van der Waals surface area contributed by atoms with Gasteiger partial charge in [-0.25, -0.2) is 4.98 Å². The van der Waals surface area contributed by atoms with Crippen LogP contribution in [-0.2, 0) is 17.8 Å². The van der Waals surface area contributed by atoms with Gasteiger partial charge in [-0.1, -0.05) is 24.3 Å². The largest absolute Gasteiger partial charge is 0.369 e. The Kier molecular flexibility index (Phi) is 4.08. The van der Waals surface area contributed by atoms with Crippen LogP contribution >= 0.6 is 0 Å². The summed E-state index contributed by atoms with van der Waals surface area (Å²) < 4.78 is 1.93. The lowest BCUT2D eigenvalue weighted by molar-refractivity contribution is -0.116. The van der Waals surface area contributed by atoms with Gasteiger partial charge in [0.05, 0.1) is 5.52 Å². The Balaban J connectivity index is 1.79. The highest BCUT2D eigenvalue weighted by molar-refractivity contribution is 5.95. The average molecular weight is 346 g/mol. The molecule has 1 aliphatic heterocycles. The van der Waals surface area contributed by atoms with Gasteiger partial charge in [0.25, 0.3) is 5.91 Å². The van der Waals surface area contributed by atoms with Gasteiger partial charge < -0.3 is 5.32 Å². The first-order valence-electron chi connectivity index (χ1n) is 8.53. The number of para-hydroxylation sites is 1. The molecule has 0 atom stereocenters. The first-order valence-corrected chi connectivity index (χ1v) is 8.53. The lowest BCUT2D eigenvalue weighted by Gasteiger charge is -2.07. The molecular weight excluding hydrogens is 328 g/mol. The summed E-state index contributed by atoms with van der Waals surface area (Å²) in [5, 5.41) is 4.36. The topological polar surface area (TPSA) is 76.3 Å². The van der Waals surface area contributed by atoms with Crippen molar-refractivity contribution in [1.82, 2.24) is 9.55 Å². The predicted molar refractivity (Wildman–Crippen MR) is 98.9 cm³/mol. The van der Waals surface area contributed by atoms with Gasteiger partial charge in [-0.05, 0) is 36.8 Å². The van der Waals surface area contributed by atoms with Gasteiger partial charge in [0.15, 0.2) is 0 Å². The molecule has 130 valence electrons. The Hall–Kier alpha value is -3.28. The van der Waals surface area contributed by atoms with Crippen LogP contribution in [0.2, 0.25) is 0 Å². The van der Waals surface area contributed by atoms with Crippen molar-refractivity contribution in [2.75, 3.05) is 11.9 Å². The molecule has 0 saturated carbocycles. The zero-order valence-electron chi connectivity index (χ0n) is 14.4. The lowest BCUT2D eigenvalue weighted by Crippen LogP contribution is -2.24. The molecule has 1 aliphatic rings. The summed E-state index contributed by atoms with van der Waals surface area (Å²) >= 11 is 0. The number of rotatable bonds is 3. The lowest BCUT2D eigenvalue weighted by atomic mass is 10.1. The number of hydrogen-bond donors (Lipinski definition) is 1. The molecule has 0 unspecified atom stereocenters. The zero-order chi connectivity index (χ0) is 18.1. The monoisotopic (exact) mass is 346 g/mol. The quantitative estimate of drug-likeness (QED) is 0.790. The molecule has 0 bridgehead atoms. The van der Waals surface area contributed by atoms with Crippen LogP contribution in [0.1, 0.15) is 22.8 Å². The highest BCUT2D eigenvalue weighted by Crippen LogP contribution is 2.22. The molecule has 0 spiro atoms. The van der Waals surface area contributed by atoms with E-state index in [0.717, 1.165) is 28.8 Å². The summed E-state index contributed by atoms with van der Waals surface area (Å²) in [7, 11) is 0. The summed E-state index contributed by atoms with van der Waals surface area (Å²) in [6.45, 7) is 3.02. The SMILES string of the molecule is CC(=O)Cc1cccc(C(=O)N=c2nc3ccccc3c3n2CCN3)c1. The number of hydrogen-bond acceptors (Lipinski definition) is 4. The molecule has 4 rings (SSSR count). The molecule has 0 fully saturated rings. The van der Waals surface area contributed by atoms with E-state index in [4.69, 9.17) is 0 Å². The number of Topliss-reactive ketones (excluding diaryl/α,β-unsaturated/α-hetero) is 1. The number of ketones is 1. The molecule has 0 saturated heterocycles. The predicted octanol–water partition coefficient (Wildman–Crippen LogP) is 2.33. The second-order valence-electron chi connectivity index (χ2n) is 6.35. The molecule has 0 aliphatic carbocycles. The van der Waals surface area contributed by atoms with Crippen LogP contribution in [0.3, 0.4) is 0 Å². The minimum Gasteiger partial charge on any atom is -0.369 e. The van der Waals surface area contributed by atoms with Crippen LogP contribution < -0.4 is 10.9 Å². The molecule has 1 aromatic heterocycles. The standard InChI is InChI=1S/C20H18N4O2/c1-13(25)11-14-5-4-6-15(12-14)19(26)23-20-22-17-8-3-2-7-16(17)18-21-9-10-24(18)20/h2-8,12,21H,9-11H2,1H3. The van der Waals surface area contributed by atoms with Gasteiger partial charge in [-0.2, -0.15) is 4.99 Å². The van der Waals surface area contributed by atoms with Gasteiger partial charge in [0.1, 0.15) is 11.6 Å². The van der Waals surface area contributed by atoms with Gasteiger partial charge in [-0.15, -0.1) is 0 Å². The van der Waals surface area contributed by atoms with E-state index >= 15 is 0 Å². The average Bonchev–Trinajstić information content (AvgIpc) is 3.12. The summed E-state index contributed by atoms with van der Waals surface area (Å²) in [6, 6.07) is 14.8. The number of benzene rings is 2. The Morgan fingerprint density at radius 2 is 2.04 bits per heavy atom. The molecule has 0 radical (unpaired) electrons. The van der Waals surface area contributed by atoms with Crippen molar-refractivity contribution in [1.29, 1.82) is 0 Å². The summed E-state index contributed by atoms with van der Waals surface area (Å²) in [4.78, 5) is 32.8. The molecular formula is C20H18N4O2. The van der Waals surface area contributed by atoms with E-state index in [1.54, 1.807) is 18.2 Å². The van der Waals surface area contributed by atoms with Crippen molar-refractivity contribution in [3.8, 4) is 0 Å². The Bertz CT molecular complexity index is 1100. The second-order valence-corrected chi connectivity index (χ2v) is 6.35. The van der Waals surface area contributed by atoms with E-state index in [1.807, 2.05) is 34.9 Å². The van der Waals surface area contributed by atoms with E-state index in [-0.39, 0.29) is 11.7 Å². The Morgan fingerprint density at radius 1 is 1.19 bits per heavy atom. The van der Waals surface area contributed by atoms with Crippen molar-refractivity contribution in [2.45, 2.75) is 19.9 Å². The number of nitrogens with one attached hydrogen (secondary N) is 1. The van der Waals surface area contributed by atoms with Gasteiger partial charge in [0, 0.05) is 30.5 Å². The molecule has 3 aromatic rings. The van der Waals surface area contributed by atoms with Crippen molar-refractivity contribution < 1.29 is 9.59 Å². The van der Waals surface area contributed by atoms with Crippen LogP contribution in [0.25, 0.3) is 10.9 Å². The molecule has 6 nitrogen and oxygen atoms in total. The summed E-state index contributed by atoms with van der Waals surface area (Å²) in [6.07, 6.45) is 0.309. The number of carbonyl (C=O) groups excluding carboxylic acids is 2. The Labute approximate surface area is 150 Å². The fourth-order valence-electron chi connectivity index (χ4n) is 3.22. The number of anilines is 1. The zero-order valence-corrected chi connectivity index (χ0v) is 14.4. The third-order valence-electron chi connectivity index (χ3n) is 4.35. The normalized spacial score (nSPS) is 13.5. The highest BCUT2D eigenvalue weighted by atomic mass is 16.1.